The van der Waals surface area contributed by atoms with Gasteiger partial charge in [0.25, 0.3) is 11.8 Å². The molecule has 0 saturated heterocycles. The highest BCUT2D eigenvalue weighted by Crippen LogP contribution is 2.24. The standard InChI is InChI=1S/C14H10ClN3O6S/c15-9-3-1-8(2-4-9)13(20)17-16-11(19)7-24-14(21)10-5-6-12(25-10)18(22)23/h1-6H,7H2,(H,16,19)(H,17,20). The third kappa shape index (κ3) is 5.26. The molecule has 9 nitrogen and oxygen atoms in total. The van der Waals surface area contributed by atoms with E-state index in [4.69, 9.17) is 16.3 Å². The van der Waals surface area contributed by atoms with Crippen LogP contribution in [-0.2, 0) is 9.53 Å². The molecule has 1 aromatic carbocycles. The van der Waals surface area contributed by atoms with Crippen LogP contribution in [0, 0.1) is 10.1 Å². The van der Waals surface area contributed by atoms with Gasteiger partial charge in [0, 0.05) is 16.7 Å². The molecule has 0 spiro atoms. The van der Waals surface area contributed by atoms with Gasteiger partial charge in [0.1, 0.15) is 4.88 Å². The number of halogens is 1. The number of hydrazine groups is 1. The molecule has 1 aromatic heterocycles. The Morgan fingerprint density at radius 2 is 1.80 bits per heavy atom. The van der Waals surface area contributed by atoms with Crippen molar-refractivity contribution in [2.24, 2.45) is 0 Å². The number of ether oxygens (including phenoxy) is 1. The summed E-state index contributed by atoms with van der Waals surface area (Å²) in [7, 11) is 0. The second kappa shape index (κ2) is 8.22. The van der Waals surface area contributed by atoms with Gasteiger partial charge in [0.2, 0.25) is 0 Å². The van der Waals surface area contributed by atoms with Crippen LogP contribution >= 0.6 is 22.9 Å². The van der Waals surface area contributed by atoms with Gasteiger partial charge in [-0.3, -0.25) is 30.6 Å². The summed E-state index contributed by atoms with van der Waals surface area (Å²) in [6.07, 6.45) is 0. The van der Waals surface area contributed by atoms with Gasteiger partial charge in [-0.2, -0.15) is 0 Å². The number of carbonyl (C=O) groups is 3. The highest BCUT2D eigenvalue weighted by Gasteiger charge is 2.17. The van der Waals surface area contributed by atoms with Crippen molar-refractivity contribution < 1.29 is 24.0 Å². The first-order valence-corrected chi connectivity index (χ1v) is 7.82. The molecule has 2 N–H and O–H groups in total. The molecule has 0 saturated carbocycles. The molecule has 2 aromatic rings. The number of nitrogens with zero attached hydrogens (tertiary/aromatic N) is 1. The number of rotatable bonds is 5. The Morgan fingerprint density at radius 1 is 1.12 bits per heavy atom. The molecule has 11 heteroatoms. The van der Waals surface area contributed by atoms with E-state index >= 15 is 0 Å². The van der Waals surface area contributed by atoms with Gasteiger partial charge >= 0.3 is 11.0 Å². The van der Waals surface area contributed by atoms with Crippen LogP contribution in [0.3, 0.4) is 0 Å². The number of hydrogen-bond donors (Lipinski definition) is 2. The smallest absolute Gasteiger partial charge is 0.349 e. The average Bonchev–Trinajstić information content (AvgIpc) is 3.08. The third-order valence-electron chi connectivity index (χ3n) is 2.73. The zero-order valence-electron chi connectivity index (χ0n) is 12.4. The van der Waals surface area contributed by atoms with E-state index in [1.807, 2.05) is 0 Å². The van der Waals surface area contributed by atoms with Crippen LogP contribution in [0.1, 0.15) is 20.0 Å². The Kier molecular flexibility index (Phi) is 6.03. The first-order valence-electron chi connectivity index (χ1n) is 6.63. The van der Waals surface area contributed by atoms with Gasteiger partial charge in [-0.25, -0.2) is 4.79 Å². The van der Waals surface area contributed by atoms with Crippen molar-refractivity contribution in [3.05, 3.63) is 62.0 Å². The molecule has 0 aliphatic heterocycles. The normalized spacial score (nSPS) is 9.96. The molecular weight excluding hydrogens is 374 g/mol. The fraction of sp³-hybridized carbons (Fsp3) is 0.0714. The molecule has 25 heavy (non-hydrogen) atoms. The van der Waals surface area contributed by atoms with Crippen LogP contribution < -0.4 is 10.9 Å². The van der Waals surface area contributed by atoms with Gasteiger partial charge in [-0.15, -0.1) is 0 Å². The minimum atomic E-state index is -0.878. The number of nitro groups is 1. The summed E-state index contributed by atoms with van der Waals surface area (Å²) in [6, 6.07) is 8.35. The number of thiophene rings is 1. The summed E-state index contributed by atoms with van der Waals surface area (Å²) in [4.78, 5) is 44.9. The lowest BCUT2D eigenvalue weighted by Gasteiger charge is -2.07. The van der Waals surface area contributed by atoms with Gasteiger partial charge in [-0.1, -0.05) is 22.9 Å². The molecule has 0 radical (unpaired) electrons. The van der Waals surface area contributed by atoms with Crippen LogP contribution in [0.5, 0.6) is 0 Å². The summed E-state index contributed by atoms with van der Waals surface area (Å²) in [5, 5.41) is 10.8. The Bertz CT molecular complexity index is 820. The molecular formula is C14H10ClN3O6S. The molecule has 2 amide bonds. The minimum absolute atomic E-state index is 0.00954. The highest BCUT2D eigenvalue weighted by molar-refractivity contribution is 7.17. The van der Waals surface area contributed by atoms with Gasteiger partial charge in [0.05, 0.1) is 4.92 Å². The van der Waals surface area contributed by atoms with Crippen molar-refractivity contribution in [1.82, 2.24) is 10.9 Å². The molecule has 2 rings (SSSR count). The van der Waals surface area contributed by atoms with Crippen LogP contribution in [0.2, 0.25) is 5.02 Å². The first kappa shape index (κ1) is 18.4. The largest absolute Gasteiger partial charge is 0.451 e. The predicted molar refractivity (Wildman–Crippen MR) is 88.3 cm³/mol. The lowest BCUT2D eigenvalue weighted by molar-refractivity contribution is -0.380. The first-order chi connectivity index (χ1) is 11.9. The fourth-order valence-electron chi connectivity index (χ4n) is 1.57. The Hall–Kier alpha value is -2.98. The third-order valence-corrected chi connectivity index (χ3v) is 4.00. The zero-order chi connectivity index (χ0) is 18.4. The van der Waals surface area contributed by atoms with Crippen LogP contribution in [0.25, 0.3) is 0 Å². The van der Waals surface area contributed by atoms with E-state index in [0.29, 0.717) is 16.4 Å². The predicted octanol–water partition coefficient (Wildman–Crippen LogP) is 1.93. The fourth-order valence-corrected chi connectivity index (χ4v) is 2.41. The SMILES string of the molecule is O=C(COC(=O)c1ccc([N+](=O)[O-])s1)NNC(=O)c1ccc(Cl)cc1. The highest BCUT2D eigenvalue weighted by atomic mass is 35.5. The molecule has 130 valence electrons. The molecule has 0 fully saturated rings. The number of hydrogen-bond acceptors (Lipinski definition) is 7. The molecule has 1 heterocycles. The summed E-state index contributed by atoms with van der Waals surface area (Å²) >= 11 is 6.33. The topological polar surface area (TPSA) is 128 Å². The zero-order valence-corrected chi connectivity index (χ0v) is 13.9. The number of benzene rings is 1. The van der Waals surface area contributed by atoms with Crippen LogP contribution in [0.4, 0.5) is 5.00 Å². The Balaban J connectivity index is 1.78. The molecule has 0 bridgehead atoms. The Labute approximate surface area is 149 Å². The second-order valence-corrected chi connectivity index (χ2v) is 5.98. The maximum absolute atomic E-state index is 11.7. The number of carbonyl (C=O) groups excluding carboxylic acids is 3. The summed E-state index contributed by atoms with van der Waals surface area (Å²) in [6.45, 7) is -0.661. The average molecular weight is 384 g/mol. The maximum Gasteiger partial charge on any atom is 0.349 e. The molecule has 0 atom stereocenters. The van der Waals surface area contributed by atoms with Crippen molar-refractivity contribution in [3.8, 4) is 0 Å². The van der Waals surface area contributed by atoms with Crippen LogP contribution in [0.15, 0.2) is 36.4 Å². The van der Waals surface area contributed by atoms with Crippen molar-refractivity contribution in [3.63, 3.8) is 0 Å². The molecule has 0 aliphatic rings. The minimum Gasteiger partial charge on any atom is -0.451 e. The van der Waals surface area contributed by atoms with Crippen molar-refractivity contribution in [2.45, 2.75) is 0 Å². The summed E-state index contributed by atoms with van der Waals surface area (Å²) in [5.41, 5.74) is 4.48. The van der Waals surface area contributed by atoms with E-state index in [-0.39, 0.29) is 15.4 Å². The van der Waals surface area contributed by atoms with E-state index in [0.717, 1.165) is 6.07 Å². The van der Waals surface area contributed by atoms with E-state index in [1.54, 1.807) is 0 Å². The van der Waals surface area contributed by atoms with E-state index in [1.165, 1.54) is 30.3 Å². The molecule has 0 aliphatic carbocycles. The number of nitrogens with one attached hydrogen (secondary N) is 2. The van der Waals surface area contributed by atoms with Crippen molar-refractivity contribution >= 4 is 45.7 Å². The summed E-state index contributed by atoms with van der Waals surface area (Å²) in [5.74, 6) is -2.23. The van der Waals surface area contributed by atoms with E-state index < -0.39 is 29.3 Å². The Morgan fingerprint density at radius 3 is 2.40 bits per heavy atom. The van der Waals surface area contributed by atoms with Gasteiger partial charge in [-0.05, 0) is 30.3 Å². The maximum atomic E-state index is 11.7. The number of amides is 2. The lowest BCUT2D eigenvalue weighted by atomic mass is 10.2. The quantitative estimate of drug-likeness (QED) is 0.461. The van der Waals surface area contributed by atoms with Gasteiger partial charge < -0.3 is 4.74 Å². The van der Waals surface area contributed by atoms with Crippen LogP contribution in [-0.4, -0.2) is 29.3 Å². The van der Waals surface area contributed by atoms with E-state index in [9.17, 15) is 24.5 Å². The van der Waals surface area contributed by atoms with Crippen molar-refractivity contribution in [1.29, 1.82) is 0 Å². The monoisotopic (exact) mass is 383 g/mol. The lowest BCUT2D eigenvalue weighted by Crippen LogP contribution is -2.43. The van der Waals surface area contributed by atoms with Crippen molar-refractivity contribution in [2.75, 3.05) is 6.61 Å². The second-order valence-electron chi connectivity index (χ2n) is 4.48. The molecule has 0 unspecified atom stereocenters. The van der Waals surface area contributed by atoms with E-state index in [2.05, 4.69) is 10.9 Å². The van der Waals surface area contributed by atoms with Gasteiger partial charge in [0.15, 0.2) is 6.61 Å². The number of esters is 1. The summed E-state index contributed by atoms with van der Waals surface area (Å²) < 4.78 is 4.70.